The molecule has 0 fully saturated rings. The number of hydrogen-bond acceptors (Lipinski definition) is 1. The molecular weight excluding hydrogens is 146 g/mol. The second-order valence-electron chi connectivity index (χ2n) is 4.02. The average Bonchev–Trinajstić information content (AvgIpc) is 2.14. The van der Waals surface area contributed by atoms with Crippen molar-refractivity contribution in [3.8, 4) is 0 Å². The van der Waals surface area contributed by atoms with Crippen molar-refractivity contribution in [2.75, 3.05) is 13.1 Å². The van der Waals surface area contributed by atoms with Crippen LogP contribution in [0.5, 0.6) is 0 Å². The van der Waals surface area contributed by atoms with Crippen LogP contribution < -0.4 is 5.32 Å². The van der Waals surface area contributed by atoms with E-state index < -0.39 is 0 Å². The number of nitrogens with one attached hydrogen (secondary N) is 1. The molecule has 0 aromatic heterocycles. The fraction of sp³-hybridized carbons (Fsp3) is 0.818. The van der Waals surface area contributed by atoms with Crippen molar-refractivity contribution in [2.24, 2.45) is 5.41 Å². The fourth-order valence-corrected chi connectivity index (χ4v) is 1.55. The molecule has 1 N–H and O–H groups in total. The second-order valence-corrected chi connectivity index (χ2v) is 4.02. The summed E-state index contributed by atoms with van der Waals surface area (Å²) in [4.78, 5) is 0. The van der Waals surface area contributed by atoms with Gasteiger partial charge in [0.05, 0.1) is 0 Å². The van der Waals surface area contributed by atoms with Crippen molar-refractivity contribution in [1.82, 2.24) is 5.32 Å². The highest BCUT2D eigenvalue weighted by Gasteiger charge is 2.19. The highest BCUT2D eigenvalue weighted by molar-refractivity contribution is 5.05. The molecule has 1 aliphatic heterocycles. The third-order valence-electron chi connectivity index (χ3n) is 1.96. The molecule has 1 nitrogen and oxygen atoms in total. The Hall–Kier alpha value is -0.300. The monoisotopic (exact) mass is 169 g/mol. The van der Waals surface area contributed by atoms with Gasteiger partial charge in [-0.2, -0.15) is 0 Å². The summed E-state index contributed by atoms with van der Waals surface area (Å²) in [6.07, 6.45) is 3.52. The van der Waals surface area contributed by atoms with Crippen molar-refractivity contribution in [2.45, 2.75) is 41.0 Å². The van der Waals surface area contributed by atoms with Gasteiger partial charge in [0.1, 0.15) is 0 Å². The van der Waals surface area contributed by atoms with Gasteiger partial charge >= 0.3 is 0 Å². The summed E-state index contributed by atoms with van der Waals surface area (Å²) < 4.78 is 0. The Balaban J connectivity index is 0.000000561. The van der Waals surface area contributed by atoms with Crippen LogP contribution in [0.4, 0.5) is 0 Å². The zero-order valence-corrected chi connectivity index (χ0v) is 9.20. The van der Waals surface area contributed by atoms with E-state index >= 15 is 0 Å². The molecule has 0 atom stereocenters. The second kappa shape index (κ2) is 5.36. The summed E-state index contributed by atoms with van der Waals surface area (Å²) in [5.41, 5.74) is 1.98. The average molecular weight is 169 g/mol. The maximum atomic E-state index is 3.39. The molecule has 0 aromatic carbocycles. The van der Waals surface area contributed by atoms with Crippen molar-refractivity contribution in [1.29, 1.82) is 0 Å². The number of hydrogen-bond donors (Lipinski definition) is 1. The van der Waals surface area contributed by atoms with Gasteiger partial charge in [-0.3, -0.25) is 0 Å². The molecule has 0 unspecified atom stereocenters. The molecule has 1 heterocycles. The Bertz CT molecular complexity index is 145. The van der Waals surface area contributed by atoms with Crippen LogP contribution in [0, 0.1) is 5.41 Å². The van der Waals surface area contributed by atoms with Gasteiger partial charge in [-0.1, -0.05) is 39.3 Å². The van der Waals surface area contributed by atoms with Crippen LogP contribution in [0.25, 0.3) is 0 Å². The molecule has 72 valence electrons. The third-order valence-corrected chi connectivity index (χ3v) is 1.96. The van der Waals surface area contributed by atoms with Crippen molar-refractivity contribution in [3.05, 3.63) is 11.6 Å². The van der Waals surface area contributed by atoms with Gasteiger partial charge in [-0.05, 0) is 18.8 Å². The van der Waals surface area contributed by atoms with E-state index in [9.17, 15) is 0 Å². The molecule has 1 heteroatoms. The molecule has 12 heavy (non-hydrogen) atoms. The summed E-state index contributed by atoms with van der Waals surface area (Å²) in [6, 6.07) is 0. The highest BCUT2D eigenvalue weighted by atomic mass is 14.9. The zero-order valence-electron chi connectivity index (χ0n) is 9.20. The lowest BCUT2D eigenvalue weighted by Crippen LogP contribution is -2.27. The normalized spacial score (nSPS) is 21.6. The lowest BCUT2D eigenvalue weighted by atomic mass is 9.87. The van der Waals surface area contributed by atoms with E-state index in [0.29, 0.717) is 5.41 Å². The minimum absolute atomic E-state index is 0.455. The molecule has 0 radical (unpaired) electrons. The Labute approximate surface area is 77.2 Å². The molecule has 1 rings (SSSR count). The molecule has 0 aliphatic carbocycles. The van der Waals surface area contributed by atoms with E-state index in [1.807, 2.05) is 13.8 Å². The van der Waals surface area contributed by atoms with E-state index in [1.165, 1.54) is 12.0 Å². The molecule has 0 aromatic rings. The van der Waals surface area contributed by atoms with Gasteiger partial charge in [0.25, 0.3) is 0 Å². The summed E-state index contributed by atoms with van der Waals surface area (Å²) in [6.45, 7) is 13.0. The number of allylic oxidation sites excluding steroid dienone is 1. The summed E-state index contributed by atoms with van der Waals surface area (Å²) >= 11 is 0. The third kappa shape index (κ3) is 4.55. The Morgan fingerprint density at radius 2 is 1.92 bits per heavy atom. The predicted molar refractivity (Wildman–Crippen MR) is 56.4 cm³/mol. The first-order valence-electron chi connectivity index (χ1n) is 4.96. The molecule has 1 aliphatic rings. The van der Waals surface area contributed by atoms with Gasteiger partial charge in [0, 0.05) is 13.1 Å². The SMILES string of the molecule is CC.CC1=CCNCC(C)(C)C1. The van der Waals surface area contributed by atoms with Crippen LogP contribution >= 0.6 is 0 Å². The Morgan fingerprint density at radius 3 is 2.50 bits per heavy atom. The van der Waals surface area contributed by atoms with E-state index in [-0.39, 0.29) is 0 Å². The van der Waals surface area contributed by atoms with Gasteiger partial charge in [-0.15, -0.1) is 0 Å². The smallest absolute Gasteiger partial charge is 0.0137 e. The first kappa shape index (κ1) is 11.7. The van der Waals surface area contributed by atoms with Gasteiger partial charge in [-0.25, -0.2) is 0 Å². The maximum absolute atomic E-state index is 3.39. The first-order chi connectivity index (χ1) is 5.60. The van der Waals surface area contributed by atoms with Gasteiger partial charge in [0.2, 0.25) is 0 Å². The van der Waals surface area contributed by atoms with E-state index in [4.69, 9.17) is 0 Å². The minimum atomic E-state index is 0.455. The van der Waals surface area contributed by atoms with Crippen LogP contribution in [0.2, 0.25) is 0 Å². The lowest BCUT2D eigenvalue weighted by molar-refractivity contribution is 0.352. The van der Waals surface area contributed by atoms with Crippen LogP contribution in [0.1, 0.15) is 41.0 Å². The fourth-order valence-electron chi connectivity index (χ4n) is 1.55. The summed E-state index contributed by atoms with van der Waals surface area (Å²) in [5, 5.41) is 3.39. The summed E-state index contributed by atoms with van der Waals surface area (Å²) in [7, 11) is 0. The standard InChI is InChI=1S/C9H17N.C2H6/c1-8-4-5-10-7-9(2,3)6-8;1-2/h4,10H,5-7H2,1-3H3;1-2H3. The maximum Gasteiger partial charge on any atom is 0.0137 e. The largest absolute Gasteiger partial charge is 0.313 e. The van der Waals surface area contributed by atoms with E-state index in [0.717, 1.165) is 13.1 Å². The molecule has 0 saturated carbocycles. The molecule has 0 spiro atoms. The van der Waals surface area contributed by atoms with Crippen LogP contribution in [-0.2, 0) is 0 Å². The van der Waals surface area contributed by atoms with Crippen molar-refractivity contribution < 1.29 is 0 Å². The lowest BCUT2D eigenvalue weighted by Gasteiger charge is -2.22. The quantitative estimate of drug-likeness (QED) is 0.550. The Morgan fingerprint density at radius 1 is 1.33 bits per heavy atom. The van der Waals surface area contributed by atoms with E-state index in [2.05, 4.69) is 32.2 Å². The van der Waals surface area contributed by atoms with Crippen LogP contribution in [0.3, 0.4) is 0 Å². The molecule has 0 bridgehead atoms. The van der Waals surface area contributed by atoms with Crippen LogP contribution in [0.15, 0.2) is 11.6 Å². The van der Waals surface area contributed by atoms with E-state index in [1.54, 1.807) is 0 Å². The highest BCUT2D eigenvalue weighted by Crippen LogP contribution is 2.25. The molecular formula is C11H23N. The predicted octanol–water partition coefficient (Wildman–Crippen LogP) is 2.98. The zero-order chi connectivity index (χ0) is 9.61. The summed E-state index contributed by atoms with van der Waals surface area (Å²) in [5.74, 6) is 0. The van der Waals surface area contributed by atoms with Crippen molar-refractivity contribution >= 4 is 0 Å². The first-order valence-corrected chi connectivity index (χ1v) is 4.96. The molecule has 0 saturated heterocycles. The minimum Gasteiger partial charge on any atom is -0.313 e. The molecule has 0 amide bonds. The van der Waals surface area contributed by atoms with Crippen LogP contribution in [-0.4, -0.2) is 13.1 Å². The Kier molecular flexibility index (Phi) is 5.23. The van der Waals surface area contributed by atoms with Gasteiger partial charge < -0.3 is 5.32 Å². The van der Waals surface area contributed by atoms with Crippen molar-refractivity contribution in [3.63, 3.8) is 0 Å². The number of rotatable bonds is 0. The topological polar surface area (TPSA) is 12.0 Å². The van der Waals surface area contributed by atoms with Gasteiger partial charge in [0.15, 0.2) is 0 Å².